The van der Waals surface area contributed by atoms with Crippen LogP contribution < -0.4 is 5.32 Å². The van der Waals surface area contributed by atoms with Gasteiger partial charge in [-0.3, -0.25) is 4.79 Å². The molecule has 0 saturated carbocycles. The number of fused-ring (bicyclic) bond motifs is 1. The third-order valence-electron chi connectivity index (χ3n) is 3.64. The Hall–Kier alpha value is -1.97. The van der Waals surface area contributed by atoms with Gasteiger partial charge in [0.05, 0.1) is 21.3 Å². The fourth-order valence-corrected chi connectivity index (χ4v) is 2.93. The minimum Gasteiger partial charge on any atom is -0.459 e. The second-order valence-electron chi connectivity index (χ2n) is 5.02. The monoisotopic (exact) mass is 333 g/mol. The van der Waals surface area contributed by atoms with Crippen molar-refractivity contribution in [2.75, 3.05) is 5.32 Å². The van der Waals surface area contributed by atoms with Gasteiger partial charge in [0, 0.05) is 5.39 Å². The number of carbonyl (C=O) groups is 1. The molecule has 3 nitrogen and oxygen atoms in total. The van der Waals surface area contributed by atoms with E-state index in [0.717, 1.165) is 16.7 Å². The molecule has 0 saturated heterocycles. The molecular weight excluding hydrogens is 321 g/mol. The number of amides is 1. The summed E-state index contributed by atoms with van der Waals surface area (Å²) in [5.74, 6) is 0.460. The molecule has 1 aromatic heterocycles. The van der Waals surface area contributed by atoms with E-state index in [9.17, 15) is 4.79 Å². The van der Waals surface area contributed by atoms with E-state index in [1.54, 1.807) is 24.3 Å². The van der Waals surface area contributed by atoms with Gasteiger partial charge in [-0.2, -0.15) is 0 Å². The van der Waals surface area contributed by atoms with E-state index >= 15 is 0 Å². The van der Waals surface area contributed by atoms with Crippen molar-refractivity contribution in [3.63, 3.8) is 0 Å². The van der Waals surface area contributed by atoms with Gasteiger partial charge in [0.1, 0.15) is 5.76 Å². The Morgan fingerprint density at radius 2 is 1.68 bits per heavy atom. The lowest BCUT2D eigenvalue weighted by atomic mass is 10.1. The zero-order valence-electron chi connectivity index (χ0n) is 12.0. The lowest BCUT2D eigenvalue weighted by Gasteiger charge is -2.08. The first-order valence-corrected chi connectivity index (χ1v) is 7.48. The Labute approximate surface area is 137 Å². The van der Waals surface area contributed by atoms with Crippen molar-refractivity contribution >= 4 is 45.8 Å². The fraction of sp³-hybridized carbons (Fsp3) is 0.118. The van der Waals surface area contributed by atoms with Crippen LogP contribution in [0.15, 0.2) is 40.8 Å². The number of halogens is 2. The normalized spacial score (nSPS) is 10.9. The lowest BCUT2D eigenvalue weighted by Crippen LogP contribution is -2.13. The summed E-state index contributed by atoms with van der Waals surface area (Å²) in [4.78, 5) is 12.5. The quantitative estimate of drug-likeness (QED) is 0.662. The predicted octanol–water partition coefficient (Wildman–Crippen LogP) is 5.61. The standard InChI is InChI=1S/C17H13Cl2NO2/c1-9-10(2)22-16-11(9)5-3-8-14(16)20-17(21)15-12(18)6-4-7-13(15)19/h3-8H,1-2H3,(H,20,21). The van der Waals surface area contributed by atoms with Crippen LogP contribution in [0.3, 0.4) is 0 Å². The molecule has 0 bridgehead atoms. The molecule has 0 unspecified atom stereocenters. The fourth-order valence-electron chi connectivity index (χ4n) is 2.36. The Morgan fingerprint density at radius 3 is 2.36 bits per heavy atom. The second-order valence-corrected chi connectivity index (χ2v) is 5.83. The second kappa shape index (κ2) is 5.67. The van der Waals surface area contributed by atoms with E-state index in [0.29, 0.717) is 21.3 Å². The summed E-state index contributed by atoms with van der Waals surface area (Å²) in [7, 11) is 0. The van der Waals surface area contributed by atoms with Gasteiger partial charge in [0.15, 0.2) is 5.58 Å². The van der Waals surface area contributed by atoms with Gasteiger partial charge in [-0.15, -0.1) is 0 Å². The predicted molar refractivity (Wildman–Crippen MR) is 90.1 cm³/mol. The van der Waals surface area contributed by atoms with Crippen LogP contribution in [0, 0.1) is 13.8 Å². The van der Waals surface area contributed by atoms with Crippen molar-refractivity contribution in [1.29, 1.82) is 0 Å². The van der Waals surface area contributed by atoms with Gasteiger partial charge in [0.25, 0.3) is 5.91 Å². The van der Waals surface area contributed by atoms with Gasteiger partial charge in [-0.1, -0.05) is 41.4 Å². The largest absolute Gasteiger partial charge is 0.459 e. The number of carbonyl (C=O) groups excluding carboxylic acids is 1. The minimum atomic E-state index is -0.366. The van der Waals surface area contributed by atoms with Crippen LogP contribution in [-0.2, 0) is 0 Å². The number of benzene rings is 2. The van der Waals surface area contributed by atoms with Crippen LogP contribution in [0.25, 0.3) is 11.0 Å². The highest BCUT2D eigenvalue weighted by atomic mass is 35.5. The van der Waals surface area contributed by atoms with Crippen molar-refractivity contribution in [2.45, 2.75) is 13.8 Å². The molecule has 22 heavy (non-hydrogen) atoms. The molecule has 1 N–H and O–H groups in total. The molecule has 0 aliphatic heterocycles. The molecule has 0 radical (unpaired) electrons. The number of rotatable bonds is 2. The van der Waals surface area contributed by atoms with E-state index in [-0.39, 0.29) is 11.5 Å². The smallest absolute Gasteiger partial charge is 0.258 e. The number of hydrogen-bond acceptors (Lipinski definition) is 2. The highest BCUT2D eigenvalue weighted by Crippen LogP contribution is 2.32. The van der Waals surface area contributed by atoms with Crippen molar-refractivity contribution in [1.82, 2.24) is 0 Å². The third kappa shape index (κ3) is 2.47. The van der Waals surface area contributed by atoms with Gasteiger partial charge < -0.3 is 9.73 Å². The highest BCUT2D eigenvalue weighted by Gasteiger charge is 2.17. The van der Waals surface area contributed by atoms with Crippen LogP contribution >= 0.6 is 23.2 Å². The topological polar surface area (TPSA) is 42.2 Å². The number of anilines is 1. The average Bonchev–Trinajstić information content (AvgIpc) is 2.76. The van der Waals surface area contributed by atoms with E-state index in [1.807, 2.05) is 26.0 Å². The number of para-hydroxylation sites is 1. The van der Waals surface area contributed by atoms with Crippen LogP contribution in [0.2, 0.25) is 10.0 Å². The maximum absolute atomic E-state index is 12.5. The number of hydrogen-bond donors (Lipinski definition) is 1. The van der Waals surface area contributed by atoms with Crippen LogP contribution in [0.4, 0.5) is 5.69 Å². The van der Waals surface area contributed by atoms with Crippen molar-refractivity contribution in [2.24, 2.45) is 0 Å². The zero-order chi connectivity index (χ0) is 15.9. The Balaban J connectivity index is 2.04. The summed E-state index contributed by atoms with van der Waals surface area (Å²) in [6, 6.07) is 10.6. The number of aryl methyl sites for hydroxylation is 2. The van der Waals surface area contributed by atoms with E-state index in [1.165, 1.54) is 0 Å². The van der Waals surface area contributed by atoms with Gasteiger partial charge in [-0.25, -0.2) is 0 Å². The van der Waals surface area contributed by atoms with Crippen molar-refractivity contribution in [3.05, 3.63) is 63.3 Å². The van der Waals surface area contributed by atoms with Crippen LogP contribution in [0.5, 0.6) is 0 Å². The maximum atomic E-state index is 12.5. The highest BCUT2D eigenvalue weighted by molar-refractivity contribution is 6.40. The van der Waals surface area contributed by atoms with Crippen molar-refractivity contribution < 1.29 is 9.21 Å². The SMILES string of the molecule is Cc1oc2c(NC(=O)c3c(Cl)cccc3Cl)cccc2c1C. The molecular formula is C17H13Cl2NO2. The Bertz CT molecular complexity index is 863. The van der Waals surface area contributed by atoms with Crippen molar-refractivity contribution in [3.8, 4) is 0 Å². The van der Waals surface area contributed by atoms with Gasteiger partial charge in [0.2, 0.25) is 0 Å². The first-order valence-electron chi connectivity index (χ1n) is 6.73. The zero-order valence-corrected chi connectivity index (χ0v) is 13.5. The van der Waals surface area contributed by atoms with Crippen LogP contribution in [-0.4, -0.2) is 5.91 Å². The summed E-state index contributed by atoms with van der Waals surface area (Å²) in [5.41, 5.74) is 2.55. The summed E-state index contributed by atoms with van der Waals surface area (Å²) in [6.07, 6.45) is 0. The molecule has 0 aliphatic rings. The van der Waals surface area contributed by atoms with Gasteiger partial charge >= 0.3 is 0 Å². The maximum Gasteiger partial charge on any atom is 0.258 e. The van der Waals surface area contributed by atoms with E-state index < -0.39 is 0 Å². The molecule has 0 atom stereocenters. The Morgan fingerprint density at radius 1 is 1.05 bits per heavy atom. The molecule has 112 valence electrons. The summed E-state index contributed by atoms with van der Waals surface area (Å²) >= 11 is 12.1. The molecule has 2 aromatic carbocycles. The Kier molecular flexibility index (Phi) is 3.85. The minimum absolute atomic E-state index is 0.253. The summed E-state index contributed by atoms with van der Waals surface area (Å²) in [5, 5.41) is 4.41. The first kappa shape index (κ1) is 14.9. The summed E-state index contributed by atoms with van der Waals surface area (Å²) < 4.78 is 5.75. The molecule has 1 heterocycles. The van der Waals surface area contributed by atoms with E-state index in [2.05, 4.69) is 5.32 Å². The molecule has 0 fully saturated rings. The summed E-state index contributed by atoms with van der Waals surface area (Å²) in [6.45, 7) is 3.88. The molecule has 0 aliphatic carbocycles. The molecule has 1 amide bonds. The lowest BCUT2D eigenvalue weighted by molar-refractivity contribution is 0.102. The molecule has 5 heteroatoms. The average molecular weight is 334 g/mol. The van der Waals surface area contributed by atoms with Gasteiger partial charge in [-0.05, 0) is 37.6 Å². The van der Waals surface area contributed by atoms with Crippen LogP contribution in [0.1, 0.15) is 21.7 Å². The third-order valence-corrected chi connectivity index (χ3v) is 4.27. The first-order chi connectivity index (χ1) is 10.5. The molecule has 3 aromatic rings. The molecule has 0 spiro atoms. The number of nitrogens with one attached hydrogen (secondary N) is 1. The number of furan rings is 1. The molecule has 3 rings (SSSR count). The van der Waals surface area contributed by atoms with E-state index in [4.69, 9.17) is 27.6 Å².